The number of thioether (sulfide) groups is 4. The second-order valence-electron chi connectivity index (χ2n) is 12.5. The van der Waals surface area contributed by atoms with Crippen LogP contribution >= 0.6 is 47.0 Å². The highest BCUT2D eigenvalue weighted by Gasteiger charge is 2.32. The molecule has 0 bridgehead atoms. The van der Waals surface area contributed by atoms with Crippen molar-refractivity contribution in [3.8, 4) is 56.6 Å². The molecule has 8 aromatic carbocycles. The smallest absolute Gasteiger partial charge is 0.0998 e. The summed E-state index contributed by atoms with van der Waals surface area (Å²) in [7, 11) is 0. The van der Waals surface area contributed by atoms with Crippen molar-refractivity contribution in [1.29, 1.82) is 10.5 Å². The first kappa shape index (κ1) is 28.7. The average Bonchev–Trinajstić information content (AvgIpc) is 3.62. The fourth-order valence-corrected chi connectivity index (χ4v) is 10.4. The molecule has 0 aromatic heterocycles. The van der Waals surface area contributed by atoms with E-state index >= 15 is 0 Å². The molecule has 0 heterocycles. The van der Waals surface area contributed by atoms with Crippen LogP contribution in [-0.4, -0.2) is 25.0 Å². The summed E-state index contributed by atoms with van der Waals surface area (Å²) in [5.74, 6) is 0. The van der Waals surface area contributed by atoms with Crippen LogP contribution < -0.4 is 0 Å². The van der Waals surface area contributed by atoms with Gasteiger partial charge in [0.15, 0.2) is 0 Å². The van der Waals surface area contributed by atoms with Gasteiger partial charge in [0.25, 0.3) is 0 Å². The van der Waals surface area contributed by atoms with Gasteiger partial charge < -0.3 is 0 Å². The summed E-state index contributed by atoms with van der Waals surface area (Å²) in [4.78, 5) is 4.88. The van der Waals surface area contributed by atoms with Gasteiger partial charge in [0.05, 0.1) is 23.3 Å². The van der Waals surface area contributed by atoms with Gasteiger partial charge in [0.1, 0.15) is 0 Å². The van der Waals surface area contributed by atoms with Crippen LogP contribution in [-0.2, 0) is 0 Å². The van der Waals surface area contributed by atoms with Crippen molar-refractivity contribution in [2.24, 2.45) is 0 Å². The molecule has 0 saturated carbocycles. The molecule has 2 aliphatic carbocycles. The molecule has 8 aromatic rings. The van der Waals surface area contributed by atoms with E-state index in [1.807, 2.05) is 0 Å². The van der Waals surface area contributed by atoms with Crippen LogP contribution in [0.1, 0.15) is 11.1 Å². The van der Waals surface area contributed by atoms with E-state index < -0.39 is 0 Å². The highest BCUT2D eigenvalue weighted by molar-refractivity contribution is 7.99. The quantitative estimate of drug-likeness (QED) is 0.136. The van der Waals surface area contributed by atoms with Gasteiger partial charge in [0, 0.05) is 30.4 Å². The molecular formula is C42H24N2S4. The topological polar surface area (TPSA) is 47.6 Å². The Kier molecular flexibility index (Phi) is 6.04. The second kappa shape index (κ2) is 10.1. The van der Waals surface area contributed by atoms with E-state index in [1.54, 1.807) is 47.0 Å². The minimum atomic E-state index is 0.672. The van der Waals surface area contributed by atoms with Gasteiger partial charge in [-0.15, -0.1) is 47.0 Å². The normalized spacial score (nSPS) is 12.5. The maximum atomic E-state index is 10.8. The summed E-state index contributed by atoms with van der Waals surface area (Å²) in [5, 5.41) is 32.7. The first-order chi connectivity index (χ1) is 23.5. The molecule has 0 fully saturated rings. The minimum absolute atomic E-state index is 0.672. The number of fused-ring (bicyclic) bond motifs is 8. The van der Waals surface area contributed by atoms with Gasteiger partial charge in [-0.3, -0.25) is 0 Å². The Morgan fingerprint density at radius 3 is 1.06 bits per heavy atom. The summed E-state index contributed by atoms with van der Waals surface area (Å²) in [6.07, 6.45) is 8.50. The number of nitriles is 2. The summed E-state index contributed by atoms with van der Waals surface area (Å²) in [5.41, 5.74) is 10.8. The Labute approximate surface area is 294 Å². The van der Waals surface area contributed by atoms with E-state index in [9.17, 15) is 10.5 Å². The zero-order valence-corrected chi connectivity index (χ0v) is 29.7. The van der Waals surface area contributed by atoms with Crippen LogP contribution in [0.15, 0.2) is 92.4 Å². The zero-order chi connectivity index (χ0) is 32.6. The Hall–Kier alpha value is -4.30. The van der Waals surface area contributed by atoms with Gasteiger partial charge in [-0.1, -0.05) is 0 Å². The third-order valence-electron chi connectivity index (χ3n) is 10.4. The molecule has 0 radical (unpaired) electrons. The molecule has 0 atom stereocenters. The fraction of sp³-hybridized carbons (Fsp3) is 0.0952. The molecule has 0 saturated heterocycles. The van der Waals surface area contributed by atoms with Gasteiger partial charge >= 0.3 is 0 Å². The lowest BCUT2D eigenvalue weighted by molar-refractivity contribution is 1.48. The van der Waals surface area contributed by atoms with Crippen LogP contribution in [0.3, 0.4) is 0 Å². The minimum Gasteiger partial charge on any atom is -0.192 e. The lowest BCUT2D eigenvalue weighted by atomic mass is 9.82. The van der Waals surface area contributed by atoms with Gasteiger partial charge in [-0.05, 0) is 185 Å². The number of benzene rings is 8. The van der Waals surface area contributed by atoms with Crippen molar-refractivity contribution in [2.45, 2.75) is 19.6 Å². The van der Waals surface area contributed by atoms with Crippen molar-refractivity contribution >= 4 is 101 Å². The molecule has 2 nitrogen and oxygen atoms in total. The number of rotatable bonds is 4. The van der Waals surface area contributed by atoms with Crippen LogP contribution in [0, 0.1) is 22.7 Å². The molecule has 0 aliphatic heterocycles. The molecule has 0 spiro atoms. The van der Waals surface area contributed by atoms with E-state index in [0.29, 0.717) is 11.1 Å². The standard InChI is InChI=1S/C42H24N2S4/c1-45-23-5-19-7-25(47-3)13-35-37(19)29(11-23)31-15-27-21(17-43)10-34-40-32(16-28-22(18-44)9-33(39(31)35)41(27)42(28)34)30-12-24(46-2)6-20-8-26(48-4)14-36(40)38(20)30/h5-16H,1-4H3. The summed E-state index contributed by atoms with van der Waals surface area (Å²) in [6, 6.07) is 32.4. The molecule has 6 heteroatoms. The van der Waals surface area contributed by atoms with E-state index in [2.05, 4.69) is 110 Å². The van der Waals surface area contributed by atoms with Crippen LogP contribution in [0.25, 0.3) is 98.4 Å². The predicted molar refractivity (Wildman–Crippen MR) is 211 cm³/mol. The van der Waals surface area contributed by atoms with E-state index in [1.165, 1.54) is 74.5 Å². The predicted octanol–water partition coefficient (Wildman–Crippen LogP) is 12.8. The number of hydrogen-bond acceptors (Lipinski definition) is 6. The van der Waals surface area contributed by atoms with Crippen molar-refractivity contribution in [2.75, 3.05) is 25.0 Å². The third-order valence-corrected chi connectivity index (χ3v) is 13.3. The van der Waals surface area contributed by atoms with Gasteiger partial charge in [-0.25, -0.2) is 0 Å². The lowest BCUT2D eigenvalue weighted by Crippen LogP contribution is -1.95. The van der Waals surface area contributed by atoms with Crippen LogP contribution in [0.5, 0.6) is 0 Å². The maximum absolute atomic E-state index is 10.8. The summed E-state index contributed by atoms with van der Waals surface area (Å²) >= 11 is 7.02. The first-order valence-electron chi connectivity index (χ1n) is 15.6. The van der Waals surface area contributed by atoms with Crippen molar-refractivity contribution in [3.63, 3.8) is 0 Å². The monoisotopic (exact) mass is 684 g/mol. The Morgan fingerprint density at radius 1 is 0.375 bits per heavy atom. The molecular weight excluding hydrogens is 661 g/mol. The SMILES string of the molecule is CSc1cc2c3c(cc(SC)cc3c1)-c1c-2cc2c(C#N)cc3c4c(cc5c(C#N)cc1c2c53)-c1cc(SC)cc2cc(SC)cc-4c12. The van der Waals surface area contributed by atoms with E-state index in [4.69, 9.17) is 0 Å². The third kappa shape index (κ3) is 3.54. The van der Waals surface area contributed by atoms with Crippen molar-refractivity contribution < 1.29 is 0 Å². The Bertz CT molecular complexity index is 2700. The molecule has 48 heavy (non-hydrogen) atoms. The summed E-state index contributed by atoms with van der Waals surface area (Å²) < 4.78 is 0. The largest absolute Gasteiger partial charge is 0.192 e. The lowest BCUT2D eigenvalue weighted by Gasteiger charge is -2.20. The Balaban J connectivity index is 1.43. The Morgan fingerprint density at radius 2 is 0.729 bits per heavy atom. The highest BCUT2D eigenvalue weighted by Crippen LogP contribution is 2.58. The van der Waals surface area contributed by atoms with E-state index in [-0.39, 0.29) is 0 Å². The van der Waals surface area contributed by atoms with Crippen molar-refractivity contribution in [1.82, 2.24) is 0 Å². The number of hydrogen-bond donors (Lipinski definition) is 0. The van der Waals surface area contributed by atoms with Gasteiger partial charge in [0.2, 0.25) is 0 Å². The van der Waals surface area contributed by atoms with E-state index in [0.717, 1.165) is 43.4 Å². The molecule has 2 aliphatic rings. The van der Waals surface area contributed by atoms with Gasteiger partial charge in [-0.2, -0.15) is 10.5 Å². The summed E-state index contributed by atoms with van der Waals surface area (Å²) in [6.45, 7) is 0. The molecule has 226 valence electrons. The van der Waals surface area contributed by atoms with Crippen LogP contribution in [0.4, 0.5) is 0 Å². The highest BCUT2D eigenvalue weighted by atomic mass is 32.2. The fourth-order valence-electron chi connectivity index (χ4n) is 8.51. The van der Waals surface area contributed by atoms with Crippen molar-refractivity contribution in [3.05, 3.63) is 83.9 Å². The average molecular weight is 685 g/mol. The first-order valence-corrected chi connectivity index (χ1v) is 20.5. The molecule has 0 amide bonds. The zero-order valence-electron chi connectivity index (χ0n) is 26.5. The molecule has 0 unspecified atom stereocenters. The number of nitrogens with zero attached hydrogens (tertiary/aromatic N) is 2. The van der Waals surface area contributed by atoms with Crippen LogP contribution in [0.2, 0.25) is 0 Å². The molecule has 0 N–H and O–H groups in total. The second-order valence-corrected chi connectivity index (χ2v) is 16.0. The molecule has 10 rings (SSSR count). The maximum Gasteiger partial charge on any atom is 0.0998 e.